The molecular weight excluding hydrogens is 404 g/mol. The summed E-state index contributed by atoms with van der Waals surface area (Å²) in [5, 5.41) is 0. The molecule has 7 heteroatoms. The predicted octanol–water partition coefficient (Wildman–Crippen LogP) is 4.50. The highest BCUT2D eigenvalue weighted by atomic mass is 32.2. The van der Waals surface area contributed by atoms with Gasteiger partial charge in [-0.2, -0.15) is 0 Å². The lowest BCUT2D eigenvalue weighted by Gasteiger charge is -2.21. The van der Waals surface area contributed by atoms with E-state index in [0.717, 1.165) is 48.1 Å². The number of hydrogen-bond donors (Lipinski definition) is 1. The van der Waals surface area contributed by atoms with Gasteiger partial charge in [0.1, 0.15) is 0 Å². The molecule has 1 aliphatic carbocycles. The zero-order valence-corrected chi connectivity index (χ0v) is 18.0. The van der Waals surface area contributed by atoms with Crippen LogP contribution >= 0.6 is 11.3 Å². The van der Waals surface area contributed by atoms with Gasteiger partial charge in [0.15, 0.2) is 0 Å². The lowest BCUT2D eigenvalue weighted by atomic mass is 9.97. The first-order valence-corrected chi connectivity index (χ1v) is 12.5. The largest absolute Gasteiger partial charge is 0.308 e. The number of nitrogens with one attached hydrogen (secondary N) is 1. The zero-order valence-electron chi connectivity index (χ0n) is 16.3. The van der Waals surface area contributed by atoms with Crippen molar-refractivity contribution in [1.82, 2.24) is 9.29 Å². The maximum atomic E-state index is 12.9. The molecule has 1 aromatic heterocycles. The lowest BCUT2D eigenvalue weighted by molar-refractivity contribution is 0.426. The van der Waals surface area contributed by atoms with Gasteiger partial charge in [-0.3, -0.25) is 9.36 Å². The average Bonchev–Trinajstić information content (AvgIpc) is 2.99. The second-order valence-electron chi connectivity index (χ2n) is 7.73. The minimum atomic E-state index is -3.60. The summed E-state index contributed by atoms with van der Waals surface area (Å²) in [6.45, 7) is 0.478. The predicted molar refractivity (Wildman–Crippen MR) is 118 cm³/mol. The Morgan fingerprint density at radius 2 is 1.66 bits per heavy atom. The fourth-order valence-electron chi connectivity index (χ4n) is 3.99. The fraction of sp³-hybridized carbons (Fsp3) is 0.409. The first kappa shape index (κ1) is 20.3. The summed E-state index contributed by atoms with van der Waals surface area (Å²) in [5.41, 5.74) is 1.81. The van der Waals surface area contributed by atoms with Crippen LogP contribution < -0.4 is 9.60 Å². The maximum absolute atomic E-state index is 12.9. The molecule has 0 amide bonds. The van der Waals surface area contributed by atoms with Crippen LogP contribution in [0.3, 0.4) is 0 Å². The molecule has 0 aliphatic heterocycles. The Hall–Kier alpha value is -1.96. The van der Waals surface area contributed by atoms with Crippen molar-refractivity contribution in [3.63, 3.8) is 0 Å². The van der Waals surface area contributed by atoms with Crippen molar-refractivity contribution in [3.8, 4) is 0 Å². The minimum absolute atomic E-state index is 0.00239. The second-order valence-corrected chi connectivity index (χ2v) is 10.4. The zero-order chi connectivity index (χ0) is 20.3. The lowest BCUT2D eigenvalue weighted by Crippen LogP contribution is -2.35. The molecule has 5 nitrogen and oxygen atoms in total. The Balaban J connectivity index is 1.59. The molecule has 1 heterocycles. The van der Waals surface area contributed by atoms with E-state index in [9.17, 15) is 13.2 Å². The van der Waals surface area contributed by atoms with Gasteiger partial charge in [-0.15, -0.1) is 0 Å². The Morgan fingerprint density at radius 1 is 0.966 bits per heavy atom. The first-order valence-electron chi connectivity index (χ1n) is 10.2. The Morgan fingerprint density at radius 3 is 2.38 bits per heavy atom. The van der Waals surface area contributed by atoms with E-state index in [1.807, 2.05) is 30.3 Å². The van der Waals surface area contributed by atoms with Gasteiger partial charge in [-0.1, -0.05) is 73.8 Å². The molecule has 0 spiro atoms. The number of rotatable bonds is 5. The summed E-state index contributed by atoms with van der Waals surface area (Å²) in [7, 11) is -3.60. The van der Waals surface area contributed by atoms with Crippen molar-refractivity contribution in [2.24, 2.45) is 0 Å². The number of fused-ring (bicyclic) bond motifs is 1. The highest BCUT2D eigenvalue weighted by Crippen LogP contribution is 2.24. The minimum Gasteiger partial charge on any atom is -0.294 e. The SMILES string of the molecule is O=c1sc2cc(S(=O)(=O)NC3CCCCCCC3)ccc2n1Cc1ccccc1. The van der Waals surface area contributed by atoms with E-state index in [0.29, 0.717) is 11.2 Å². The smallest absolute Gasteiger partial charge is 0.294 e. The van der Waals surface area contributed by atoms with Gasteiger partial charge >= 0.3 is 4.87 Å². The molecule has 2 aromatic carbocycles. The Labute approximate surface area is 175 Å². The van der Waals surface area contributed by atoms with E-state index in [2.05, 4.69) is 4.72 Å². The van der Waals surface area contributed by atoms with Gasteiger partial charge in [0.05, 0.1) is 21.7 Å². The highest BCUT2D eigenvalue weighted by Gasteiger charge is 2.22. The fourth-order valence-corrected chi connectivity index (χ4v) is 6.33. The standard InChI is InChI=1S/C22H26N2O3S2/c25-22-24(16-17-9-5-4-6-10-17)20-14-13-19(15-21(20)28-22)29(26,27)23-18-11-7-2-1-3-8-12-18/h4-6,9-10,13-15,18,23H,1-3,7-8,11-12,16H2. The maximum Gasteiger partial charge on any atom is 0.308 e. The van der Waals surface area contributed by atoms with Crippen LogP contribution in [0.1, 0.15) is 50.5 Å². The van der Waals surface area contributed by atoms with E-state index in [4.69, 9.17) is 0 Å². The number of hydrogen-bond acceptors (Lipinski definition) is 4. The van der Waals surface area contributed by atoms with E-state index in [1.54, 1.807) is 22.8 Å². The molecule has 4 rings (SSSR count). The molecule has 1 aliphatic rings. The summed E-state index contributed by atoms with van der Waals surface area (Å²) in [5.74, 6) is 0. The van der Waals surface area contributed by atoms with Gasteiger partial charge in [-0.25, -0.2) is 13.1 Å². The van der Waals surface area contributed by atoms with Crippen LogP contribution in [0.25, 0.3) is 10.2 Å². The van der Waals surface area contributed by atoms with Crippen LogP contribution in [0.5, 0.6) is 0 Å². The van der Waals surface area contributed by atoms with Crippen LogP contribution in [0, 0.1) is 0 Å². The van der Waals surface area contributed by atoms with Crippen molar-refractivity contribution in [3.05, 3.63) is 63.8 Å². The van der Waals surface area contributed by atoms with Gasteiger partial charge in [0.2, 0.25) is 10.0 Å². The van der Waals surface area contributed by atoms with Crippen LogP contribution in [-0.4, -0.2) is 19.0 Å². The van der Waals surface area contributed by atoms with Crippen LogP contribution in [0.4, 0.5) is 0 Å². The number of aromatic nitrogens is 1. The summed E-state index contributed by atoms with van der Waals surface area (Å²) < 4.78 is 31.2. The molecule has 154 valence electrons. The molecule has 1 fully saturated rings. The summed E-state index contributed by atoms with van der Waals surface area (Å²) in [6, 6.07) is 14.8. The number of nitrogens with zero attached hydrogens (tertiary/aromatic N) is 1. The van der Waals surface area contributed by atoms with E-state index < -0.39 is 10.0 Å². The van der Waals surface area contributed by atoms with E-state index in [1.165, 1.54) is 19.3 Å². The van der Waals surface area contributed by atoms with Crippen LogP contribution in [0.2, 0.25) is 0 Å². The Kier molecular flexibility index (Phi) is 6.18. The number of benzene rings is 2. The van der Waals surface area contributed by atoms with E-state index >= 15 is 0 Å². The molecule has 0 unspecified atom stereocenters. The molecule has 0 atom stereocenters. The number of thiazole rings is 1. The molecule has 1 N–H and O–H groups in total. The van der Waals surface area contributed by atoms with Crippen LogP contribution in [0.15, 0.2) is 58.2 Å². The number of sulfonamides is 1. The third kappa shape index (κ3) is 4.79. The average molecular weight is 431 g/mol. The Bertz CT molecular complexity index is 1130. The summed E-state index contributed by atoms with van der Waals surface area (Å²) in [6.07, 6.45) is 7.51. The topological polar surface area (TPSA) is 68.2 Å². The van der Waals surface area contributed by atoms with Crippen molar-refractivity contribution in [2.45, 2.75) is 62.4 Å². The first-order chi connectivity index (χ1) is 14.0. The van der Waals surface area contributed by atoms with Gasteiger partial charge in [0.25, 0.3) is 0 Å². The van der Waals surface area contributed by atoms with Crippen molar-refractivity contribution in [1.29, 1.82) is 0 Å². The molecule has 0 radical (unpaired) electrons. The molecule has 1 saturated carbocycles. The van der Waals surface area contributed by atoms with Crippen LogP contribution in [-0.2, 0) is 16.6 Å². The molecular formula is C22H26N2O3S2. The second kappa shape index (κ2) is 8.81. The molecule has 0 bridgehead atoms. The normalized spacial score (nSPS) is 16.6. The van der Waals surface area contributed by atoms with Gasteiger partial charge in [0, 0.05) is 6.04 Å². The monoisotopic (exact) mass is 430 g/mol. The van der Waals surface area contributed by atoms with Gasteiger partial charge in [-0.05, 0) is 36.6 Å². The molecule has 3 aromatic rings. The van der Waals surface area contributed by atoms with Crippen molar-refractivity contribution in [2.75, 3.05) is 0 Å². The third-order valence-corrected chi connectivity index (χ3v) is 8.02. The molecule has 29 heavy (non-hydrogen) atoms. The van der Waals surface area contributed by atoms with Crippen molar-refractivity contribution < 1.29 is 8.42 Å². The molecule has 0 saturated heterocycles. The van der Waals surface area contributed by atoms with Gasteiger partial charge < -0.3 is 0 Å². The highest BCUT2D eigenvalue weighted by molar-refractivity contribution is 7.89. The quantitative estimate of drug-likeness (QED) is 0.648. The van der Waals surface area contributed by atoms with Crippen molar-refractivity contribution >= 4 is 31.6 Å². The summed E-state index contributed by atoms with van der Waals surface area (Å²) in [4.78, 5) is 12.7. The van der Waals surface area contributed by atoms with E-state index in [-0.39, 0.29) is 15.8 Å². The third-order valence-electron chi connectivity index (χ3n) is 5.56. The summed E-state index contributed by atoms with van der Waals surface area (Å²) >= 11 is 1.10.